The van der Waals surface area contributed by atoms with Gasteiger partial charge in [0.05, 0.1) is 15.7 Å². The van der Waals surface area contributed by atoms with Crippen LogP contribution in [-0.2, 0) is 0 Å². The molecule has 6 heteroatoms. The first-order chi connectivity index (χ1) is 11.6. The van der Waals surface area contributed by atoms with Crippen molar-refractivity contribution in [2.75, 3.05) is 23.3 Å². The molecular weight excluding hydrogens is 345 g/mol. The molecule has 0 saturated carbocycles. The molecule has 2 aromatic rings. The van der Waals surface area contributed by atoms with Gasteiger partial charge in [0, 0.05) is 24.8 Å². The summed E-state index contributed by atoms with van der Waals surface area (Å²) < 4.78 is 0. The summed E-state index contributed by atoms with van der Waals surface area (Å²) >= 11 is 12.1. The predicted molar refractivity (Wildman–Crippen MR) is 99.3 cm³/mol. The van der Waals surface area contributed by atoms with Crippen LogP contribution < -0.4 is 10.2 Å². The lowest BCUT2D eigenvalue weighted by Gasteiger charge is -2.21. The summed E-state index contributed by atoms with van der Waals surface area (Å²) in [6.45, 7) is 1.97. The van der Waals surface area contributed by atoms with Gasteiger partial charge in [0.15, 0.2) is 0 Å². The molecule has 1 saturated heterocycles. The van der Waals surface area contributed by atoms with Crippen LogP contribution in [0.3, 0.4) is 0 Å². The Hall–Kier alpha value is -1.78. The quantitative estimate of drug-likeness (QED) is 0.832. The van der Waals surface area contributed by atoms with Gasteiger partial charge in [0.25, 0.3) is 5.91 Å². The van der Waals surface area contributed by atoms with Gasteiger partial charge in [-0.2, -0.15) is 0 Å². The number of nitrogens with zero attached hydrogens (tertiary/aromatic N) is 2. The molecule has 1 aliphatic heterocycles. The molecule has 4 nitrogen and oxygen atoms in total. The molecule has 0 atom stereocenters. The van der Waals surface area contributed by atoms with Crippen LogP contribution in [0.5, 0.6) is 0 Å². The Kier molecular flexibility index (Phi) is 5.59. The van der Waals surface area contributed by atoms with Gasteiger partial charge in [-0.15, -0.1) is 0 Å². The van der Waals surface area contributed by atoms with Crippen LogP contribution in [0.25, 0.3) is 0 Å². The van der Waals surface area contributed by atoms with Crippen molar-refractivity contribution in [2.24, 2.45) is 0 Å². The molecule has 1 fully saturated rings. The van der Waals surface area contributed by atoms with E-state index in [4.69, 9.17) is 23.2 Å². The van der Waals surface area contributed by atoms with E-state index in [1.807, 2.05) is 6.07 Å². The van der Waals surface area contributed by atoms with Crippen molar-refractivity contribution < 1.29 is 4.79 Å². The number of hydrogen-bond acceptors (Lipinski definition) is 3. The van der Waals surface area contributed by atoms with E-state index in [0.717, 1.165) is 31.7 Å². The summed E-state index contributed by atoms with van der Waals surface area (Å²) in [6, 6.07) is 8.69. The molecule has 0 unspecified atom stereocenters. The van der Waals surface area contributed by atoms with E-state index in [9.17, 15) is 4.79 Å². The minimum absolute atomic E-state index is 0.224. The third kappa shape index (κ3) is 4.00. The molecule has 0 bridgehead atoms. The summed E-state index contributed by atoms with van der Waals surface area (Å²) in [7, 11) is 0. The number of amides is 1. The summed E-state index contributed by atoms with van der Waals surface area (Å²) in [4.78, 5) is 19.2. The zero-order valence-electron chi connectivity index (χ0n) is 13.3. The number of hydrogen-bond donors (Lipinski definition) is 1. The SMILES string of the molecule is O=C(Nc1cccc(Cl)c1Cl)c1ccnc(N2CCCCCC2)c1. The fourth-order valence-corrected chi connectivity index (χ4v) is 3.17. The molecule has 1 aromatic heterocycles. The molecule has 126 valence electrons. The monoisotopic (exact) mass is 363 g/mol. The Labute approximate surface area is 151 Å². The van der Waals surface area contributed by atoms with Crippen LogP contribution in [0.4, 0.5) is 11.5 Å². The molecule has 2 heterocycles. The highest BCUT2D eigenvalue weighted by Gasteiger charge is 2.15. The maximum absolute atomic E-state index is 12.5. The standard InChI is InChI=1S/C18H19Cl2N3O/c19-14-6-5-7-15(17(14)20)22-18(24)13-8-9-21-16(12-13)23-10-3-1-2-4-11-23/h5-9,12H,1-4,10-11H2,(H,22,24). The Morgan fingerprint density at radius 3 is 2.58 bits per heavy atom. The molecule has 3 rings (SSSR count). The highest BCUT2D eigenvalue weighted by Crippen LogP contribution is 2.30. The van der Waals surface area contributed by atoms with Crippen LogP contribution in [0.15, 0.2) is 36.5 Å². The Bertz CT molecular complexity index is 728. The maximum atomic E-state index is 12.5. The van der Waals surface area contributed by atoms with Crippen molar-refractivity contribution in [1.82, 2.24) is 4.98 Å². The Morgan fingerprint density at radius 1 is 1.08 bits per heavy atom. The van der Waals surface area contributed by atoms with Gasteiger partial charge in [-0.05, 0) is 37.1 Å². The highest BCUT2D eigenvalue weighted by molar-refractivity contribution is 6.44. The number of carbonyl (C=O) groups is 1. The number of aromatic nitrogens is 1. The van der Waals surface area contributed by atoms with E-state index < -0.39 is 0 Å². The van der Waals surface area contributed by atoms with E-state index in [1.54, 1.807) is 30.5 Å². The largest absolute Gasteiger partial charge is 0.357 e. The van der Waals surface area contributed by atoms with Crippen molar-refractivity contribution >= 4 is 40.6 Å². The van der Waals surface area contributed by atoms with Crippen molar-refractivity contribution in [1.29, 1.82) is 0 Å². The van der Waals surface area contributed by atoms with Crippen molar-refractivity contribution in [3.63, 3.8) is 0 Å². The van der Waals surface area contributed by atoms with Crippen LogP contribution in [0.1, 0.15) is 36.0 Å². The van der Waals surface area contributed by atoms with Gasteiger partial charge in [-0.25, -0.2) is 4.98 Å². The lowest BCUT2D eigenvalue weighted by molar-refractivity contribution is 0.102. The summed E-state index contributed by atoms with van der Waals surface area (Å²) in [5, 5.41) is 3.56. The molecule has 0 aliphatic carbocycles. The van der Waals surface area contributed by atoms with Gasteiger partial charge >= 0.3 is 0 Å². The zero-order chi connectivity index (χ0) is 16.9. The number of carbonyl (C=O) groups excluding carboxylic acids is 1. The Balaban J connectivity index is 1.77. The van der Waals surface area contributed by atoms with Gasteiger partial charge in [0.1, 0.15) is 5.82 Å². The van der Waals surface area contributed by atoms with Crippen molar-refractivity contribution in [3.05, 3.63) is 52.1 Å². The fourth-order valence-electron chi connectivity index (χ4n) is 2.83. The fraction of sp³-hybridized carbons (Fsp3) is 0.333. The number of nitrogens with one attached hydrogen (secondary N) is 1. The minimum atomic E-state index is -0.224. The molecule has 1 N–H and O–H groups in total. The normalized spacial score (nSPS) is 15.0. The maximum Gasteiger partial charge on any atom is 0.255 e. The predicted octanol–water partition coefficient (Wildman–Crippen LogP) is 5.02. The van der Waals surface area contributed by atoms with Crippen LogP contribution >= 0.6 is 23.2 Å². The summed E-state index contributed by atoms with van der Waals surface area (Å²) in [5.74, 6) is 0.624. The summed E-state index contributed by atoms with van der Waals surface area (Å²) in [5.41, 5.74) is 1.06. The van der Waals surface area contributed by atoms with Crippen molar-refractivity contribution in [2.45, 2.75) is 25.7 Å². The third-order valence-corrected chi connectivity index (χ3v) is 4.96. The Morgan fingerprint density at radius 2 is 1.83 bits per heavy atom. The first kappa shape index (κ1) is 17.1. The molecule has 0 spiro atoms. The van der Waals surface area contributed by atoms with Gasteiger partial charge in [-0.3, -0.25) is 4.79 Å². The molecule has 1 aromatic carbocycles. The molecule has 24 heavy (non-hydrogen) atoms. The molecule has 1 aliphatic rings. The van der Waals surface area contributed by atoms with Gasteiger partial charge in [0.2, 0.25) is 0 Å². The highest BCUT2D eigenvalue weighted by atomic mass is 35.5. The lowest BCUT2D eigenvalue weighted by Crippen LogP contribution is -2.25. The van der Waals surface area contributed by atoms with Crippen LogP contribution in [-0.4, -0.2) is 24.0 Å². The smallest absolute Gasteiger partial charge is 0.255 e. The van der Waals surface area contributed by atoms with E-state index in [1.165, 1.54) is 12.8 Å². The second kappa shape index (κ2) is 7.86. The molecule has 0 radical (unpaired) electrons. The van der Waals surface area contributed by atoms with Crippen LogP contribution in [0, 0.1) is 0 Å². The first-order valence-corrected chi connectivity index (χ1v) is 8.87. The number of benzene rings is 1. The topological polar surface area (TPSA) is 45.2 Å². The molecular formula is C18H19Cl2N3O. The van der Waals surface area contributed by atoms with Gasteiger partial charge < -0.3 is 10.2 Å². The van der Waals surface area contributed by atoms with Crippen molar-refractivity contribution in [3.8, 4) is 0 Å². The number of pyridine rings is 1. The van der Waals surface area contributed by atoms with E-state index >= 15 is 0 Å². The summed E-state index contributed by atoms with van der Waals surface area (Å²) in [6.07, 6.45) is 6.51. The minimum Gasteiger partial charge on any atom is -0.357 e. The molecule has 1 amide bonds. The number of halogens is 2. The van der Waals surface area contributed by atoms with E-state index in [2.05, 4.69) is 15.2 Å². The first-order valence-electron chi connectivity index (χ1n) is 8.11. The second-order valence-electron chi connectivity index (χ2n) is 5.86. The average molecular weight is 364 g/mol. The average Bonchev–Trinajstić information content (AvgIpc) is 2.88. The zero-order valence-corrected chi connectivity index (χ0v) is 14.8. The van der Waals surface area contributed by atoms with Gasteiger partial charge in [-0.1, -0.05) is 42.1 Å². The number of anilines is 2. The number of rotatable bonds is 3. The van der Waals surface area contributed by atoms with E-state index in [0.29, 0.717) is 21.3 Å². The second-order valence-corrected chi connectivity index (χ2v) is 6.64. The van der Waals surface area contributed by atoms with Crippen LogP contribution in [0.2, 0.25) is 10.0 Å². The van der Waals surface area contributed by atoms with E-state index in [-0.39, 0.29) is 5.91 Å². The lowest BCUT2D eigenvalue weighted by atomic mass is 10.2. The third-order valence-electron chi connectivity index (χ3n) is 4.14.